The molecule has 1 aliphatic rings. The predicted octanol–water partition coefficient (Wildman–Crippen LogP) is 5.16. The van der Waals surface area contributed by atoms with E-state index in [0.29, 0.717) is 32.1 Å². The Morgan fingerprint density at radius 1 is 1.05 bits per heavy atom. The minimum Gasteiger partial charge on any atom is -0.497 e. The molecule has 204 valence electrons. The lowest BCUT2D eigenvalue weighted by Gasteiger charge is -2.26. The number of thiazole rings is 1. The van der Waals surface area contributed by atoms with Crippen LogP contribution < -0.4 is 24.4 Å². The van der Waals surface area contributed by atoms with Gasteiger partial charge in [-0.05, 0) is 88.0 Å². The third kappa shape index (κ3) is 5.48. The zero-order chi connectivity index (χ0) is 28.4. The number of nitrogens with zero attached hydrogens (tertiary/aromatic N) is 2. The van der Waals surface area contributed by atoms with Gasteiger partial charge in [0, 0.05) is 14.7 Å². The maximum atomic E-state index is 14.1. The van der Waals surface area contributed by atoms with E-state index < -0.39 is 12.0 Å². The lowest BCUT2D eigenvalue weighted by molar-refractivity contribution is -0.138. The van der Waals surface area contributed by atoms with Gasteiger partial charge in [-0.3, -0.25) is 9.36 Å². The summed E-state index contributed by atoms with van der Waals surface area (Å²) in [6.45, 7) is 1.95. The largest absolute Gasteiger partial charge is 0.497 e. The summed E-state index contributed by atoms with van der Waals surface area (Å²) in [6, 6.07) is 20.1. The Morgan fingerprint density at radius 2 is 1.77 bits per heavy atom. The minimum absolute atomic E-state index is 0.190. The number of carbonyl (C=O) groups excluding carboxylic acids is 1. The fraction of sp³-hybridized carbons (Fsp3) is 0.167. The van der Waals surface area contributed by atoms with Crippen LogP contribution in [-0.2, 0) is 9.53 Å². The topological polar surface area (TPSA) is 79.1 Å². The van der Waals surface area contributed by atoms with Crippen molar-refractivity contribution >= 4 is 74.3 Å². The van der Waals surface area contributed by atoms with Gasteiger partial charge < -0.3 is 14.2 Å². The SMILES string of the molecule is CCOC(=O)C1=C(c2ccccc2)N=c2s/c(=C\c3cc(I)cc(I)c3OC)c(=O)n2[C@@H]1c1ccc(OC)cc1. The molecule has 2 heterocycles. The molecule has 0 N–H and O–H groups in total. The normalized spacial score (nSPS) is 14.9. The highest BCUT2D eigenvalue weighted by atomic mass is 127. The van der Waals surface area contributed by atoms with Crippen LogP contribution in [0.3, 0.4) is 0 Å². The first kappa shape index (κ1) is 28.6. The van der Waals surface area contributed by atoms with Crippen molar-refractivity contribution in [2.45, 2.75) is 13.0 Å². The fourth-order valence-corrected chi connectivity index (χ4v) is 7.69. The fourth-order valence-electron chi connectivity index (χ4n) is 4.59. The van der Waals surface area contributed by atoms with Gasteiger partial charge in [-0.15, -0.1) is 0 Å². The molecule has 1 aromatic heterocycles. The number of hydrogen-bond acceptors (Lipinski definition) is 7. The summed E-state index contributed by atoms with van der Waals surface area (Å²) < 4.78 is 20.6. The quantitative estimate of drug-likeness (QED) is 0.192. The molecule has 7 nitrogen and oxygen atoms in total. The lowest BCUT2D eigenvalue weighted by Crippen LogP contribution is -2.40. The van der Waals surface area contributed by atoms with Gasteiger partial charge in [0.15, 0.2) is 4.80 Å². The standard InChI is InChI=1S/C30H24I2N2O5S/c1-4-39-29(36)24-25(17-8-6-5-7-9-17)33-30-34(26(24)18-10-12-21(37-2)13-11-18)28(35)23(40-30)15-19-14-20(31)16-22(32)27(19)38-3/h5-16,26H,4H2,1-3H3/b23-15-/t26-/m1/s1. The van der Waals surface area contributed by atoms with Crippen molar-refractivity contribution in [3.8, 4) is 11.5 Å². The van der Waals surface area contributed by atoms with Crippen molar-refractivity contribution in [2.75, 3.05) is 20.8 Å². The van der Waals surface area contributed by atoms with E-state index in [4.69, 9.17) is 19.2 Å². The van der Waals surface area contributed by atoms with Crippen LogP contribution in [0.1, 0.15) is 29.7 Å². The number of methoxy groups -OCH3 is 2. The molecule has 0 unspecified atom stereocenters. The Kier molecular flexibility index (Phi) is 8.76. The molecule has 10 heteroatoms. The Labute approximate surface area is 262 Å². The molecule has 0 fully saturated rings. The molecule has 4 aromatic rings. The third-order valence-corrected chi connectivity index (χ3v) is 8.74. The molecule has 5 rings (SSSR count). The second kappa shape index (κ2) is 12.3. The second-order valence-electron chi connectivity index (χ2n) is 8.71. The first-order valence-electron chi connectivity index (χ1n) is 12.3. The van der Waals surface area contributed by atoms with E-state index in [-0.39, 0.29) is 12.2 Å². The summed E-state index contributed by atoms with van der Waals surface area (Å²) in [6.07, 6.45) is 1.83. The summed E-state index contributed by atoms with van der Waals surface area (Å²) in [5, 5.41) is 0. The number of aromatic nitrogens is 1. The Bertz CT molecular complexity index is 1790. The number of esters is 1. The number of benzene rings is 3. The molecule has 1 atom stereocenters. The molecule has 3 aromatic carbocycles. The Hall–Kier alpha value is -2.97. The van der Waals surface area contributed by atoms with Gasteiger partial charge in [0.05, 0.1) is 46.2 Å². The first-order chi connectivity index (χ1) is 19.4. The van der Waals surface area contributed by atoms with E-state index in [1.54, 1.807) is 25.7 Å². The van der Waals surface area contributed by atoms with E-state index >= 15 is 0 Å². The Morgan fingerprint density at radius 3 is 2.42 bits per heavy atom. The van der Waals surface area contributed by atoms with Crippen LogP contribution in [-0.4, -0.2) is 31.4 Å². The van der Waals surface area contributed by atoms with Crippen molar-refractivity contribution in [3.05, 3.63) is 116 Å². The van der Waals surface area contributed by atoms with Gasteiger partial charge in [0.2, 0.25) is 0 Å². The smallest absolute Gasteiger partial charge is 0.338 e. The van der Waals surface area contributed by atoms with Crippen molar-refractivity contribution in [1.29, 1.82) is 0 Å². The molecular formula is C30H24I2N2O5S. The molecule has 0 bridgehead atoms. The average molecular weight is 778 g/mol. The van der Waals surface area contributed by atoms with Crippen LogP contribution in [0, 0.1) is 7.14 Å². The third-order valence-electron chi connectivity index (χ3n) is 6.33. The summed E-state index contributed by atoms with van der Waals surface area (Å²) in [7, 11) is 3.21. The molecule has 0 radical (unpaired) electrons. The van der Waals surface area contributed by atoms with Crippen molar-refractivity contribution < 1.29 is 19.0 Å². The van der Waals surface area contributed by atoms with Crippen molar-refractivity contribution in [2.24, 2.45) is 4.99 Å². The molecule has 40 heavy (non-hydrogen) atoms. The molecular weight excluding hydrogens is 754 g/mol. The summed E-state index contributed by atoms with van der Waals surface area (Å²) in [4.78, 5) is 33.0. The maximum absolute atomic E-state index is 14.1. The van der Waals surface area contributed by atoms with Crippen LogP contribution in [0.4, 0.5) is 0 Å². The van der Waals surface area contributed by atoms with Crippen LogP contribution in [0.2, 0.25) is 0 Å². The molecule has 1 aliphatic heterocycles. The van der Waals surface area contributed by atoms with Crippen molar-refractivity contribution in [1.82, 2.24) is 4.57 Å². The maximum Gasteiger partial charge on any atom is 0.338 e. The zero-order valence-electron chi connectivity index (χ0n) is 21.8. The first-order valence-corrected chi connectivity index (χ1v) is 15.3. The lowest BCUT2D eigenvalue weighted by atomic mass is 9.93. The van der Waals surface area contributed by atoms with E-state index in [1.165, 1.54) is 11.3 Å². The molecule has 0 aliphatic carbocycles. The van der Waals surface area contributed by atoms with Gasteiger partial charge in [-0.2, -0.15) is 0 Å². The van der Waals surface area contributed by atoms with Gasteiger partial charge in [-0.25, -0.2) is 9.79 Å². The van der Waals surface area contributed by atoms with Gasteiger partial charge in [0.25, 0.3) is 5.56 Å². The number of carbonyl (C=O) groups is 1. The highest BCUT2D eigenvalue weighted by molar-refractivity contribution is 14.1. The Balaban J connectivity index is 1.84. The number of fused-ring (bicyclic) bond motifs is 1. The van der Waals surface area contributed by atoms with Crippen LogP contribution in [0.15, 0.2) is 82.1 Å². The van der Waals surface area contributed by atoms with Gasteiger partial charge >= 0.3 is 5.97 Å². The number of rotatable bonds is 7. The highest BCUT2D eigenvalue weighted by Crippen LogP contribution is 2.36. The monoisotopic (exact) mass is 778 g/mol. The van der Waals surface area contributed by atoms with E-state index in [1.807, 2.05) is 72.8 Å². The second-order valence-corrected chi connectivity index (χ2v) is 12.1. The van der Waals surface area contributed by atoms with E-state index in [9.17, 15) is 9.59 Å². The summed E-state index contributed by atoms with van der Waals surface area (Å²) in [5.74, 6) is 0.839. The van der Waals surface area contributed by atoms with Crippen LogP contribution in [0.5, 0.6) is 11.5 Å². The zero-order valence-corrected chi connectivity index (χ0v) is 26.9. The number of hydrogen-bond donors (Lipinski definition) is 0. The molecule has 0 saturated carbocycles. The van der Waals surface area contributed by atoms with Crippen LogP contribution in [0.25, 0.3) is 11.8 Å². The molecule has 0 amide bonds. The van der Waals surface area contributed by atoms with E-state index in [0.717, 1.165) is 23.8 Å². The highest BCUT2D eigenvalue weighted by Gasteiger charge is 2.35. The van der Waals surface area contributed by atoms with Crippen LogP contribution >= 0.6 is 56.5 Å². The minimum atomic E-state index is -0.753. The van der Waals surface area contributed by atoms with E-state index in [2.05, 4.69) is 45.2 Å². The number of ether oxygens (including phenoxy) is 3. The predicted molar refractivity (Wildman–Crippen MR) is 172 cm³/mol. The molecule has 0 saturated heterocycles. The molecule has 0 spiro atoms. The summed E-state index contributed by atoms with van der Waals surface area (Å²) >= 11 is 5.75. The number of halogens is 2. The van der Waals surface area contributed by atoms with Crippen molar-refractivity contribution in [3.63, 3.8) is 0 Å². The average Bonchev–Trinajstić information content (AvgIpc) is 3.27. The van der Waals surface area contributed by atoms with Gasteiger partial charge in [-0.1, -0.05) is 53.8 Å². The van der Waals surface area contributed by atoms with Gasteiger partial charge in [0.1, 0.15) is 11.5 Å². The summed E-state index contributed by atoms with van der Waals surface area (Å²) in [5.41, 5.74) is 2.82.